The largest absolute Gasteiger partial charge is 0.464 e. The molecule has 1 N–H and O–H groups in total. The first-order valence-electron chi connectivity index (χ1n) is 5.24. The molecule has 1 aliphatic rings. The Morgan fingerprint density at radius 1 is 1.53 bits per heavy atom. The van der Waals surface area contributed by atoms with Crippen molar-refractivity contribution in [3.05, 3.63) is 34.3 Å². The molecule has 0 saturated carbocycles. The van der Waals surface area contributed by atoms with E-state index in [1.54, 1.807) is 0 Å². The van der Waals surface area contributed by atoms with E-state index in [4.69, 9.17) is 16.8 Å². The van der Waals surface area contributed by atoms with Gasteiger partial charge in [-0.05, 0) is 30.0 Å². The number of nitrogens with zero attached hydrogens (tertiary/aromatic N) is 1. The van der Waals surface area contributed by atoms with Gasteiger partial charge in [-0.3, -0.25) is 0 Å². The summed E-state index contributed by atoms with van der Waals surface area (Å²) < 4.78 is 4.58. The van der Waals surface area contributed by atoms with Crippen LogP contribution in [0.15, 0.2) is 23.4 Å². The summed E-state index contributed by atoms with van der Waals surface area (Å²) in [7, 11) is 1.27. The van der Waals surface area contributed by atoms with Crippen LogP contribution in [0, 0.1) is 5.92 Å². The number of carbonyl (C=O) groups is 1. The fourth-order valence-electron chi connectivity index (χ4n) is 2.19. The van der Waals surface area contributed by atoms with Gasteiger partial charge in [0.05, 0.1) is 7.11 Å². The summed E-state index contributed by atoms with van der Waals surface area (Å²) in [5.41, 5.74) is 2.16. The number of carbonyl (C=O) groups excluding carboxylic acids is 1. The van der Waals surface area contributed by atoms with E-state index in [0.717, 1.165) is 11.1 Å². The second-order valence-corrected chi connectivity index (χ2v) is 4.37. The standard InChI is InChI=1S/C12H12ClNO3/c1-17-12(15)11(14-16)8-5-7-3-2-4-10(13)9(7)6-8/h2-4,8,16H,5-6H2,1H3. The molecule has 1 aliphatic carbocycles. The molecule has 1 unspecified atom stereocenters. The maximum absolute atomic E-state index is 11.4. The molecule has 0 spiro atoms. The Morgan fingerprint density at radius 3 is 2.88 bits per heavy atom. The molecule has 17 heavy (non-hydrogen) atoms. The SMILES string of the molecule is COC(=O)C(=NO)C1Cc2cccc(Cl)c2C1. The minimum absolute atomic E-state index is 0.0553. The molecule has 0 aromatic heterocycles. The zero-order chi connectivity index (χ0) is 12.4. The zero-order valence-electron chi connectivity index (χ0n) is 9.31. The van der Waals surface area contributed by atoms with Crippen LogP contribution in [0.4, 0.5) is 0 Å². The number of oxime groups is 1. The summed E-state index contributed by atoms with van der Waals surface area (Å²) in [5, 5.41) is 12.6. The molecule has 4 nitrogen and oxygen atoms in total. The number of ether oxygens (including phenoxy) is 1. The number of hydrogen-bond donors (Lipinski definition) is 1. The average Bonchev–Trinajstić information content (AvgIpc) is 2.75. The van der Waals surface area contributed by atoms with Gasteiger partial charge < -0.3 is 9.94 Å². The summed E-state index contributed by atoms with van der Waals surface area (Å²) in [6.07, 6.45) is 1.24. The van der Waals surface area contributed by atoms with Crippen molar-refractivity contribution < 1.29 is 14.7 Å². The number of halogens is 1. The zero-order valence-corrected chi connectivity index (χ0v) is 10.1. The Morgan fingerprint density at radius 2 is 2.29 bits per heavy atom. The molecule has 5 heteroatoms. The van der Waals surface area contributed by atoms with Crippen LogP contribution < -0.4 is 0 Å². The van der Waals surface area contributed by atoms with Gasteiger partial charge in [-0.15, -0.1) is 0 Å². The monoisotopic (exact) mass is 253 g/mol. The van der Waals surface area contributed by atoms with E-state index in [2.05, 4.69) is 9.89 Å². The van der Waals surface area contributed by atoms with Crippen molar-refractivity contribution in [2.24, 2.45) is 11.1 Å². The highest BCUT2D eigenvalue weighted by atomic mass is 35.5. The van der Waals surface area contributed by atoms with Crippen LogP contribution in [0.1, 0.15) is 11.1 Å². The van der Waals surface area contributed by atoms with E-state index in [9.17, 15) is 4.79 Å². The normalized spacial score (nSPS) is 18.9. The summed E-state index contributed by atoms with van der Waals surface area (Å²) in [6.45, 7) is 0. The Bertz CT molecular complexity index is 485. The highest BCUT2D eigenvalue weighted by Gasteiger charge is 2.31. The molecule has 90 valence electrons. The molecule has 0 radical (unpaired) electrons. The third-order valence-electron chi connectivity index (χ3n) is 3.02. The second kappa shape index (κ2) is 4.75. The lowest BCUT2D eigenvalue weighted by molar-refractivity contribution is -0.133. The van der Waals surface area contributed by atoms with Crippen molar-refractivity contribution in [2.45, 2.75) is 12.8 Å². The first kappa shape index (κ1) is 11.9. The molecule has 0 saturated heterocycles. The molecule has 0 amide bonds. The topological polar surface area (TPSA) is 58.9 Å². The molecule has 0 fully saturated rings. The van der Waals surface area contributed by atoms with Crippen LogP contribution >= 0.6 is 11.6 Å². The van der Waals surface area contributed by atoms with Crippen LogP contribution in [0.25, 0.3) is 0 Å². The minimum Gasteiger partial charge on any atom is -0.464 e. The number of hydrogen-bond acceptors (Lipinski definition) is 4. The minimum atomic E-state index is -0.596. The van der Waals surface area contributed by atoms with Gasteiger partial charge in [-0.1, -0.05) is 28.9 Å². The van der Waals surface area contributed by atoms with E-state index in [-0.39, 0.29) is 11.6 Å². The van der Waals surface area contributed by atoms with E-state index in [1.165, 1.54) is 7.11 Å². The molecule has 1 aromatic carbocycles. The van der Waals surface area contributed by atoms with Gasteiger partial charge in [0.25, 0.3) is 0 Å². The molecule has 0 heterocycles. The predicted octanol–water partition coefficient (Wildman–Crippen LogP) is 2.06. The summed E-state index contributed by atoms with van der Waals surface area (Å²) >= 11 is 6.08. The molecule has 0 aliphatic heterocycles. The van der Waals surface area contributed by atoms with E-state index >= 15 is 0 Å². The van der Waals surface area contributed by atoms with Crippen molar-refractivity contribution in [3.8, 4) is 0 Å². The maximum atomic E-state index is 11.4. The van der Waals surface area contributed by atoms with E-state index in [0.29, 0.717) is 17.9 Å². The van der Waals surface area contributed by atoms with E-state index in [1.807, 2.05) is 18.2 Å². The Labute approximate surface area is 104 Å². The fourth-order valence-corrected chi connectivity index (χ4v) is 2.47. The lowest BCUT2D eigenvalue weighted by atomic mass is 10.0. The predicted molar refractivity (Wildman–Crippen MR) is 63.6 cm³/mol. The first-order chi connectivity index (χ1) is 8.17. The van der Waals surface area contributed by atoms with Crippen molar-refractivity contribution >= 4 is 23.3 Å². The lowest BCUT2D eigenvalue weighted by Crippen LogP contribution is -2.25. The van der Waals surface area contributed by atoms with Crippen LogP contribution in [0.5, 0.6) is 0 Å². The smallest absolute Gasteiger partial charge is 0.356 e. The van der Waals surface area contributed by atoms with Gasteiger partial charge in [-0.2, -0.15) is 0 Å². The summed E-state index contributed by atoms with van der Waals surface area (Å²) in [6, 6.07) is 5.65. The highest BCUT2D eigenvalue weighted by Crippen LogP contribution is 2.32. The van der Waals surface area contributed by atoms with Gasteiger partial charge in [-0.25, -0.2) is 4.79 Å². The van der Waals surface area contributed by atoms with Crippen LogP contribution in [0.3, 0.4) is 0 Å². The van der Waals surface area contributed by atoms with Crippen molar-refractivity contribution in [1.29, 1.82) is 0 Å². The Hall–Kier alpha value is -1.55. The highest BCUT2D eigenvalue weighted by molar-refractivity contribution is 6.37. The number of fused-ring (bicyclic) bond motifs is 1. The van der Waals surface area contributed by atoms with Gasteiger partial charge in [0.1, 0.15) is 0 Å². The van der Waals surface area contributed by atoms with Crippen LogP contribution in [-0.2, 0) is 22.4 Å². The van der Waals surface area contributed by atoms with Gasteiger partial charge in [0.15, 0.2) is 5.71 Å². The molecular formula is C12H12ClNO3. The molecule has 1 aromatic rings. The van der Waals surface area contributed by atoms with Crippen molar-refractivity contribution in [2.75, 3.05) is 7.11 Å². The Kier molecular flexibility index (Phi) is 3.33. The first-order valence-corrected chi connectivity index (χ1v) is 5.61. The molecule has 1 atom stereocenters. The van der Waals surface area contributed by atoms with Crippen LogP contribution in [0.2, 0.25) is 5.02 Å². The van der Waals surface area contributed by atoms with Crippen molar-refractivity contribution in [1.82, 2.24) is 0 Å². The molecule has 2 rings (SSSR count). The number of esters is 1. The Balaban J connectivity index is 2.25. The molecular weight excluding hydrogens is 242 g/mol. The van der Waals surface area contributed by atoms with Gasteiger partial charge in [0.2, 0.25) is 0 Å². The number of methoxy groups -OCH3 is 1. The molecule has 0 bridgehead atoms. The third kappa shape index (κ3) is 2.13. The van der Waals surface area contributed by atoms with Crippen molar-refractivity contribution in [3.63, 3.8) is 0 Å². The lowest BCUT2D eigenvalue weighted by Gasteiger charge is -2.08. The number of rotatable bonds is 2. The average molecular weight is 254 g/mol. The van der Waals surface area contributed by atoms with Gasteiger partial charge in [0, 0.05) is 10.9 Å². The van der Waals surface area contributed by atoms with Gasteiger partial charge >= 0.3 is 5.97 Å². The van der Waals surface area contributed by atoms with Crippen LogP contribution in [-0.4, -0.2) is 24.0 Å². The fraction of sp³-hybridized carbons (Fsp3) is 0.333. The third-order valence-corrected chi connectivity index (χ3v) is 3.38. The second-order valence-electron chi connectivity index (χ2n) is 3.96. The quantitative estimate of drug-likeness (QED) is 0.380. The number of benzene rings is 1. The summed E-state index contributed by atoms with van der Waals surface area (Å²) in [4.78, 5) is 11.4. The summed E-state index contributed by atoms with van der Waals surface area (Å²) in [5.74, 6) is -0.760. The maximum Gasteiger partial charge on any atom is 0.356 e. The van der Waals surface area contributed by atoms with E-state index < -0.39 is 5.97 Å².